The zero-order valence-corrected chi connectivity index (χ0v) is 19.1. The van der Waals surface area contributed by atoms with E-state index in [2.05, 4.69) is 5.32 Å². The maximum absolute atomic E-state index is 13.2. The summed E-state index contributed by atoms with van der Waals surface area (Å²) in [6.07, 6.45) is 2.92. The van der Waals surface area contributed by atoms with E-state index in [9.17, 15) is 14.4 Å². The van der Waals surface area contributed by atoms with Crippen LogP contribution in [0.15, 0.2) is 89.0 Å². The van der Waals surface area contributed by atoms with Crippen LogP contribution in [0.3, 0.4) is 0 Å². The maximum Gasteiger partial charge on any atom is 0.331 e. The maximum atomic E-state index is 13.2. The van der Waals surface area contributed by atoms with E-state index in [4.69, 9.17) is 20.8 Å². The highest BCUT2D eigenvalue weighted by molar-refractivity contribution is 6.31. The quantitative estimate of drug-likeness (QED) is 0.294. The Morgan fingerprint density at radius 1 is 0.943 bits per heavy atom. The zero-order valence-electron chi connectivity index (χ0n) is 18.4. The summed E-state index contributed by atoms with van der Waals surface area (Å²) in [5.41, 5.74) is 1.29. The Hall–Kier alpha value is -4.36. The molecule has 0 saturated carbocycles. The van der Waals surface area contributed by atoms with Crippen molar-refractivity contribution in [3.05, 3.63) is 107 Å². The van der Waals surface area contributed by atoms with Gasteiger partial charge in [0.15, 0.2) is 0 Å². The standard InChI is InChI=1S/C27H19ClN2O5/c28-19-10-7-17(8-11-19)16-35-24-12-9-18-4-1-2-6-21(18)22(24)14-23-25(31)29-27(33)30(26(23)32)15-20-5-3-13-34-20/h1-14H,15-16H2,(H,29,31,33). The summed E-state index contributed by atoms with van der Waals surface area (Å²) in [5.74, 6) is -0.584. The van der Waals surface area contributed by atoms with E-state index in [0.717, 1.165) is 21.2 Å². The summed E-state index contributed by atoms with van der Waals surface area (Å²) in [6.45, 7) is 0.159. The number of carbonyl (C=O) groups is 3. The molecule has 0 unspecified atom stereocenters. The largest absolute Gasteiger partial charge is 0.488 e. The van der Waals surface area contributed by atoms with Crippen molar-refractivity contribution in [2.24, 2.45) is 0 Å². The number of hydrogen-bond donors (Lipinski definition) is 1. The van der Waals surface area contributed by atoms with Gasteiger partial charge in [-0.15, -0.1) is 0 Å². The number of halogens is 1. The van der Waals surface area contributed by atoms with Gasteiger partial charge in [0.1, 0.15) is 23.7 Å². The third-order valence-corrected chi connectivity index (χ3v) is 5.86. The van der Waals surface area contributed by atoms with Gasteiger partial charge in [-0.25, -0.2) is 4.79 Å². The molecule has 0 radical (unpaired) electrons. The fourth-order valence-electron chi connectivity index (χ4n) is 3.83. The van der Waals surface area contributed by atoms with Crippen LogP contribution in [0.25, 0.3) is 16.8 Å². The minimum Gasteiger partial charge on any atom is -0.488 e. The molecule has 8 heteroatoms. The first kappa shape index (κ1) is 22.4. The summed E-state index contributed by atoms with van der Waals surface area (Å²) in [7, 11) is 0. The molecule has 1 fully saturated rings. The van der Waals surface area contributed by atoms with Gasteiger partial charge in [0.25, 0.3) is 11.8 Å². The van der Waals surface area contributed by atoms with Crippen LogP contribution >= 0.6 is 11.6 Å². The van der Waals surface area contributed by atoms with Crippen molar-refractivity contribution in [1.82, 2.24) is 10.2 Å². The second kappa shape index (κ2) is 9.48. The van der Waals surface area contributed by atoms with E-state index in [-0.39, 0.29) is 18.7 Å². The molecule has 4 aromatic rings. The molecule has 5 rings (SSSR count). The molecule has 7 nitrogen and oxygen atoms in total. The SMILES string of the molecule is O=C1NC(=O)N(Cc2ccco2)C(=O)C1=Cc1c(OCc2ccc(Cl)cc2)ccc2ccccc12. The van der Waals surface area contributed by atoms with Crippen LogP contribution in [0.5, 0.6) is 5.75 Å². The molecule has 0 spiro atoms. The van der Waals surface area contributed by atoms with Gasteiger partial charge in [0.05, 0.1) is 12.8 Å². The van der Waals surface area contributed by atoms with Gasteiger partial charge in [-0.1, -0.05) is 54.1 Å². The van der Waals surface area contributed by atoms with E-state index in [0.29, 0.717) is 22.1 Å². The minimum atomic E-state index is -0.800. The molecule has 0 atom stereocenters. The highest BCUT2D eigenvalue weighted by atomic mass is 35.5. The first-order chi connectivity index (χ1) is 17.0. The number of fused-ring (bicyclic) bond motifs is 1. The lowest BCUT2D eigenvalue weighted by Gasteiger charge is -2.25. The molecule has 35 heavy (non-hydrogen) atoms. The first-order valence-corrected chi connectivity index (χ1v) is 11.2. The molecule has 174 valence electrons. The second-order valence-corrected chi connectivity index (χ2v) is 8.34. The highest BCUT2D eigenvalue weighted by Crippen LogP contribution is 2.32. The van der Waals surface area contributed by atoms with E-state index >= 15 is 0 Å². The van der Waals surface area contributed by atoms with Gasteiger partial charge in [-0.05, 0) is 52.7 Å². The first-order valence-electron chi connectivity index (χ1n) is 10.8. The van der Waals surface area contributed by atoms with E-state index < -0.39 is 17.8 Å². The van der Waals surface area contributed by atoms with Crippen molar-refractivity contribution in [3.63, 3.8) is 0 Å². The highest BCUT2D eigenvalue weighted by Gasteiger charge is 2.36. The molecular weight excluding hydrogens is 468 g/mol. The zero-order chi connectivity index (χ0) is 24.4. The number of furan rings is 1. The number of amides is 4. The van der Waals surface area contributed by atoms with E-state index in [1.165, 1.54) is 12.3 Å². The van der Waals surface area contributed by atoms with Crippen molar-refractivity contribution in [2.45, 2.75) is 13.2 Å². The number of rotatable bonds is 6. The van der Waals surface area contributed by atoms with Crippen molar-refractivity contribution in [2.75, 3.05) is 0 Å². The average molecular weight is 487 g/mol. The lowest BCUT2D eigenvalue weighted by atomic mass is 9.99. The van der Waals surface area contributed by atoms with E-state index in [1.807, 2.05) is 42.5 Å². The summed E-state index contributed by atoms with van der Waals surface area (Å²) >= 11 is 5.97. The molecule has 1 aliphatic rings. The van der Waals surface area contributed by atoms with E-state index in [1.54, 1.807) is 30.3 Å². The summed E-state index contributed by atoms with van der Waals surface area (Å²) in [4.78, 5) is 39.2. The number of barbiturate groups is 1. The number of benzene rings is 3. The Bertz CT molecular complexity index is 1460. The topological polar surface area (TPSA) is 88.9 Å². The fourth-order valence-corrected chi connectivity index (χ4v) is 3.96. The number of imide groups is 2. The third-order valence-electron chi connectivity index (χ3n) is 5.61. The molecule has 1 N–H and O–H groups in total. The summed E-state index contributed by atoms with van der Waals surface area (Å²) < 4.78 is 11.4. The Labute approximate surface area is 205 Å². The van der Waals surface area contributed by atoms with Crippen LogP contribution in [-0.2, 0) is 22.7 Å². The summed E-state index contributed by atoms with van der Waals surface area (Å²) in [5, 5.41) is 4.57. The van der Waals surface area contributed by atoms with Gasteiger partial charge in [-0.3, -0.25) is 19.8 Å². The van der Waals surface area contributed by atoms with Crippen LogP contribution in [0.2, 0.25) is 5.02 Å². The Morgan fingerprint density at radius 2 is 1.74 bits per heavy atom. The Kier molecular flexibility index (Phi) is 6.08. The molecule has 1 saturated heterocycles. The Morgan fingerprint density at radius 3 is 2.51 bits per heavy atom. The van der Waals surface area contributed by atoms with Crippen molar-refractivity contribution in [1.29, 1.82) is 0 Å². The molecule has 1 aromatic heterocycles. The number of nitrogens with one attached hydrogen (secondary N) is 1. The predicted octanol–water partition coefficient (Wildman–Crippen LogP) is 5.33. The molecule has 0 bridgehead atoms. The van der Waals surface area contributed by atoms with Gasteiger partial charge in [-0.2, -0.15) is 0 Å². The number of ether oxygens (including phenoxy) is 1. The molecule has 1 aliphatic heterocycles. The summed E-state index contributed by atoms with van der Waals surface area (Å²) in [6, 6.07) is 21.0. The fraction of sp³-hybridized carbons (Fsp3) is 0.0741. The normalized spacial score (nSPS) is 15.1. The van der Waals surface area contributed by atoms with Crippen LogP contribution in [0, 0.1) is 0 Å². The number of carbonyl (C=O) groups excluding carboxylic acids is 3. The third kappa shape index (κ3) is 4.67. The van der Waals surface area contributed by atoms with Crippen molar-refractivity contribution in [3.8, 4) is 5.75 Å². The predicted molar refractivity (Wildman–Crippen MR) is 131 cm³/mol. The average Bonchev–Trinajstić information content (AvgIpc) is 3.38. The number of urea groups is 1. The second-order valence-electron chi connectivity index (χ2n) is 7.90. The molecule has 3 aromatic carbocycles. The van der Waals surface area contributed by atoms with Crippen LogP contribution in [0.1, 0.15) is 16.9 Å². The molecule has 2 heterocycles. The monoisotopic (exact) mass is 486 g/mol. The van der Waals surface area contributed by atoms with Crippen molar-refractivity contribution >= 4 is 46.3 Å². The Balaban J connectivity index is 1.53. The smallest absolute Gasteiger partial charge is 0.331 e. The molecule has 4 amide bonds. The minimum absolute atomic E-state index is 0.0995. The lowest BCUT2D eigenvalue weighted by molar-refractivity contribution is -0.130. The van der Waals surface area contributed by atoms with Crippen LogP contribution in [0.4, 0.5) is 4.79 Å². The van der Waals surface area contributed by atoms with Crippen molar-refractivity contribution < 1.29 is 23.5 Å². The van der Waals surface area contributed by atoms with Gasteiger partial charge < -0.3 is 9.15 Å². The van der Waals surface area contributed by atoms with Gasteiger partial charge in [0, 0.05) is 10.6 Å². The van der Waals surface area contributed by atoms with Gasteiger partial charge in [0.2, 0.25) is 0 Å². The van der Waals surface area contributed by atoms with Gasteiger partial charge >= 0.3 is 6.03 Å². The molecular formula is C27H19ClN2O5. The van der Waals surface area contributed by atoms with Crippen LogP contribution in [-0.4, -0.2) is 22.7 Å². The number of hydrogen-bond acceptors (Lipinski definition) is 5. The lowest BCUT2D eigenvalue weighted by Crippen LogP contribution is -2.53. The van der Waals surface area contributed by atoms with Crippen LogP contribution < -0.4 is 10.1 Å². The number of nitrogens with zero attached hydrogens (tertiary/aromatic N) is 1. The molecule has 0 aliphatic carbocycles.